The fraction of sp³-hybridized carbons (Fsp3) is 0.273. The molecule has 6 nitrogen and oxygen atoms in total. The molecule has 2 heterocycles. The fourth-order valence-corrected chi connectivity index (χ4v) is 7.45. The molecule has 1 fully saturated rings. The van der Waals surface area contributed by atoms with E-state index in [0.717, 1.165) is 54.5 Å². The van der Waals surface area contributed by atoms with Gasteiger partial charge in [-0.3, -0.25) is 14.2 Å². The highest BCUT2D eigenvalue weighted by molar-refractivity contribution is 7.98. The molecule has 7 heteroatoms. The highest BCUT2D eigenvalue weighted by Crippen LogP contribution is 2.48. The van der Waals surface area contributed by atoms with Crippen LogP contribution < -0.4 is 11.1 Å². The molecule has 0 unspecified atom stereocenters. The normalized spacial score (nSPS) is 15.6. The molecule has 200 valence electrons. The number of nitrogens with one attached hydrogen (secondary N) is 1. The number of nitrogens with zero attached hydrogens (tertiary/aromatic N) is 3. The third-order valence-electron chi connectivity index (χ3n) is 8.46. The van der Waals surface area contributed by atoms with Gasteiger partial charge in [-0.25, -0.2) is 9.97 Å². The number of hydrogen-bond acceptors (Lipinski definition) is 5. The minimum Gasteiger partial charge on any atom is -0.310 e. The first-order chi connectivity index (χ1) is 19.6. The quantitative estimate of drug-likeness (QED) is 0.208. The molecule has 0 atom stereocenters. The van der Waals surface area contributed by atoms with Crippen LogP contribution in [-0.2, 0) is 24.1 Å². The van der Waals surface area contributed by atoms with E-state index in [4.69, 9.17) is 9.97 Å². The monoisotopic (exact) mass is 546 g/mol. The van der Waals surface area contributed by atoms with Crippen LogP contribution >= 0.6 is 11.8 Å². The summed E-state index contributed by atoms with van der Waals surface area (Å²) in [5.41, 5.74) is 5.50. The van der Waals surface area contributed by atoms with Gasteiger partial charge in [-0.2, -0.15) is 0 Å². The second-order valence-corrected chi connectivity index (χ2v) is 11.9. The van der Waals surface area contributed by atoms with Crippen molar-refractivity contribution >= 4 is 22.7 Å². The van der Waals surface area contributed by atoms with E-state index in [-0.39, 0.29) is 16.5 Å². The predicted molar refractivity (Wildman–Crippen MR) is 160 cm³/mol. The van der Waals surface area contributed by atoms with E-state index in [1.165, 1.54) is 23.7 Å². The highest BCUT2D eigenvalue weighted by atomic mass is 32.2. The molecule has 2 aliphatic rings. The zero-order valence-corrected chi connectivity index (χ0v) is 23.0. The summed E-state index contributed by atoms with van der Waals surface area (Å²) in [5.74, 6) is 1.00. The Morgan fingerprint density at radius 1 is 0.850 bits per heavy atom. The van der Waals surface area contributed by atoms with Crippen molar-refractivity contribution in [3.05, 3.63) is 122 Å². The van der Waals surface area contributed by atoms with Crippen molar-refractivity contribution < 1.29 is 0 Å². The van der Waals surface area contributed by atoms with Gasteiger partial charge < -0.3 is 4.98 Å². The minimum atomic E-state index is -0.135. The SMILES string of the molecule is O=c1[nH]c(CSc2nc3ccccc3c(=O)n2Cc2ccccc2)nc2c1C1(CCCCC1)Cc1ccccc1-2. The Labute approximate surface area is 236 Å². The van der Waals surface area contributed by atoms with Crippen LogP contribution in [0.4, 0.5) is 0 Å². The molecule has 3 aromatic carbocycles. The number of hydrogen-bond donors (Lipinski definition) is 1. The van der Waals surface area contributed by atoms with Gasteiger partial charge in [-0.05, 0) is 42.5 Å². The molecule has 1 N–H and O–H groups in total. The molecule has 0 radical (unpaired) electrons. The number of fused-ring (bicyclic) bond motifs is 5. The molecule has 0 saturated heterocycles. The number of H-pyrrole nitrogens is 1. The molecule has 7 rings (SSSR count). The first-order valence-electron chi connectivity index (χ1n) is 14.0. The van der Waals surface area contributed by atoms with E-state index in [1.54, 1.807) is 4.57 Å². The number of para-hydroxylation sites is 1. The molecule has 2 aromatic heterocycles. The first kappa shape index (κ1) is 25.0. The summed E-state index contributed by atoms with van der Waals surface area (Å²) in [7, 11) is 0. The van der Waals surface area contributed by atoms with Crippen LogP contribution in [0.3, 0.4) is 0 Å². The molecule has 5 aromatic rings. The Kier molecular flexibility index (Phi) is 6.39. The molecule has 1 spiro atoms. The number of benzene rings is 3. The van der Waals surface area contributed by atoms with Gasteiger partial charge in [0.05, 0.1) is 34.5 Å². The fourth-order valence-electron chi connectivity index (χ4n) is 6.59. The largest absolute Gasteiger partial charge is 0.310 e. The van der Waals surface area contributed by atoms with Gasteiger partial charge in [0.25, 0.3) is 11.1 Å². The third-order valence-corrected chi connectivity index (χ3v) is 9.45. The average molecular weight is 547 g/mol. The maximum absolute atomic E-state index is 13.7. The zero-order chi connectivity index (χ0) is 27.1. The van der Waals surface area contributed by atoms with Crippen LogP contribution in [0.2, 0.25) is 0 Å². The van der Waals surface area contributed by atoms with Crippen molar-refractivity contribution in [2.24, 2.45) is 0 Å². The number of aromatic amines is 1. The summed E-state index contributed by atoms with van der Waals surface area (Å²) < 4.78 is 1.73. The van der Waals surface area contributed by atoms with Crippen LogP contribution in [0.15, 0.2) is 93.6 Å². The smallest absolute Gasteiger partial charge is 0.262 e. The summed E-state index contributed by atoms with van der Waals surface area (Å²) in [5, 5.41) is 1.20. The highest BCUT2D eigenvalue weighted by Gasteiger charge is 2.42. The van der Waals surface area contributed by atoms with Crippen LogP contribution in [0, 0.1) is 0 Å². The lowest BCUT2D eigenvalue weighted by Gasteiger charge is -2.41. The Morgan fingerprint density at radius 2 is 1.60 bits per heavy atom. The Hall–Kier alpha value is -3.97. The van der Waals surface area contributed by atoms with Gasteiger partial charge in [-0.15, -0.1) is 0 Å². The van der Waals surface area contributed by atoms with Gasteiger partial charge in [-0.1, -0.05) is 97.8 Å². The molecule has 40 heavy (non-hydrogen) atoms. The van der Waals surface area contributed by atoms with Crippen molar-refractivity contribution in [1.82, 2.24) is 19.5 Å². The van der Waals surface area contributed by atoms with Gasteiger partial charge >= 0.3 is 0 Å². The maximum Gasteiger partial charge on any atom is 0.262 e. The second kappa shape index (κ2) is 10.2. The van der Waals surface area contributed by atoms with Crippen molar-refractivity contribution in [3.8, 4) is 11.3 Å². The van der Waals surface area contributed by atoms with Gasteiger partial charge in [0.2, 0.25) is 0 Å². The number of aromatic nitrogens is 4. The second-order valence-electron chi connectivity index (χ2n) is 11.0. The lowest BCUT2D eigenvalue weighted by atomic mass is 9.62. The van der Waals surface area contributed by atoms with Crippen molar-refractivity contribution in [2.45, 2.75) is 61.4 Å². The molecule has 0 aliphatic heterocycles. The van der Waals surface area contributed by atoms with E-state index in [1.807, 2.05) is 60.7 Å². The number of thioether (sulfide) groups is 1. The Morgan fingerprint density at radius 3 is 2.45 bits per heavy atom. The van der Waals surface area contributed by atoms with Gasteiger partial charge in [0, 0.05) is 11.0 Å². The molecule has 0 amide bonds. The van der Waals surface area contributed by atoms with Crippen LogP contribution in [0.25, 0.3) is 22.2 Å². The van der Waals surface area contributed by atoms with Gasteiger partial charge in [0.1, 0.15) is 5.82 Å². The average Bonchev–Trinajstić information content (AvgIpc) is 2.98. The summed E-state index contributed by atoms with van der Waals surface area (Å²) in [6.07, 6.45) is 6.47. The van der Waals surface area contributed by atoms with E-state index in [2.05, 4.69) is 23.2 Å². The molecule has 1 saturated carbocycles. The van der Waals surface area contributed by atoms with Crippen molar-refractivity contribution in [3.63, 3.8) is 0 Å². The van der Waals surface area contributed by atoms with Crippen LogP contribution in [0.5, 0.6) is 0 Å². The third kappa shape index (κ3) is 4.38. The minimum absolute atomic E-state index is 0.0230. The van der Waals surface area contributed by atoms with E-state index >= 15 is 0 Å². The van der Waals surface area contributed by atoms with Crippen molar-refractivity contribution in [1.29, 1.82) is 0 Å². The predicted octanol–water partition coefficient (Wildman–Crippen LogP) is 6.25. The van der Waals surface area contributed by atoms with Crippen LogP contribution in [0.1, 0.15) is 54.6 Å². The molecule has 2 aliphatic carbocycles. The molecule has 0 bridgehead atoms. The Balaban J connectivity index is 1.29. The zero-order valence-electron chi connectivity index (χ0n) is 22.2. The summed E-state index contributed by atoms with van der Waals surface area (Å²) in [6.45, 7) is 0.421. The summed E-state index contributed by atoms with van der Waals surface area (Å²) in [6, 6.07) is 25.8. The van der Waals surface area contributed by atoms with E-state index < -0.39 is 0 Å². The summed E-state index contributed by atoms with van der Waals surface area (Å²) >= 11 is 1.44. The first-order valence-corrected chi connectivity index (χ1v) is 15.0. The van der Waals surface area contributed by atoms with E-state index in [9.17, 15) is 9.59 Å². The summed E-state index contributed by atoms with van der Waals surface area (Å²) in [4.78, 5) is 40.4. The topological polar surface area (TPSA) is 80.6 Å². The van der Waals surface area contributed by atoms with E-state index in [0.29, 0.717) is 34.2 Å². The van der Waals surface area contributed by atoms with Crippen molar-refractivity contribution in [2.75, 3.05) is 0 Å². The van der Waals surface area contributed by atoms with Crippen LogP contribution in [-0.4, -0.2) is 19.5 Å². The maximum atomic E-state index is 13.7. The molecular weight excluding hydrogens is 516 g/mol. The standard InChI is InChI=1S/C33H30N4O2S/c38-30-28-29(24-14-6-5-13-23(24)19-33(28)17-9-2-10-18-33)35-27(36-30)21-40-32-34-26-16-8-7-15-25(26)31(39)37(32)20-22-11-3-1-4-12-22/h1,3-8,11-16H,2,9-10,17-21H2,(H,35,36,38). The lowest BCUT2D eigenvalue weighted by Crippen LogP contribution is -2.41. The molecular formula is C33H30N4O2S. The lowest BCUT2D eigenvalue weighted by molar-refractivity contribution is 0.285. The number of rotatable bonds is 5. The van der Waals surface area contributed by atoms with Gasteiger partial charge in [0.15, 0.2) is 5.16 Å². The Bertz CT molecular complexity index is 1840.